The Morgan fingerprint density at radius 3 is 2.89 bits per heavy atom. The van der Waals surface area contributed by atoms with Crippen molar-refractivity contribution in [2.75, 3.05) is 13.1 Å². The number of nitrogens with two attached hydrogens (primary N) is 1. The first-order valence-electron chi connectivity index (χ1n) is 5.85. The predicted molar refractivity (Wildman–Crippen MR) is 64.9 cm³/mol. The Morgan fingerprint density at radius 1 is 1.44 bits per heavy atom. The number of nitrogens with one attached hydrogen (secondary N) is 1. The van der Waals surface area contributed by atoms with E-state index in [9.17, 15) is 14.4 Å². The molecule has 1 aliphatic rings. The zero-order chi connectivity index (χ0) is 13.1. The first-order chi connectivity index (χ1) is 8.59. The minimum Gasteiger partial charge on any atom is -0.369 e. The highest BCUT2D eigenvalue weighted by atomic mass is 16.2. The van der Waals surface area contributed by atoms with Gasteiger partial charge in [-0.05, 0) is 12.8 Å². The summed E-state index contributed by atoms with van der Waals surface area (Å²) in [7, 11) is 0. The normalized spacial score (nSPS) is 19.6. The van der Waals surface area contributed by atoms with Crippen LogP contribution in [0.25, 0.3) is 0 Å². The summed E-state index contributed by atoms with van der Waals surface area (Å²) < 4.78 is 0. The molecule has 1 unspecified atom stereocenters. The summed E-state index contributed by atoms with van der Waals surface area (Å²) >= 11 is 0. The van der Waals surface area contributed by atoms with Crippen molar-refractivity contribution >= 4 is 11.8 Å². The van der Waals surface area contributed by atoms with Crippen molar-refractivity contribution in [1.29, 1.82) is 0 Å². The van der Waals surface area contributed by atoms with E-state index < -0.39 is 5.91 Å². The van der Waals surface area contributed by atoms with Crippen molar-refractivity contribution < 1.29 is 9.59 Å². The van der Waals surface area contributed by atoms with E-state index in [1.54, 1.807) is 0 Å². The second kappa shape index (κ2) is 5.03. The molecule has 0 spiro atoms. The fourth-order valence-electron chi connectivity index (χ4n) is 2.15. The molecular formula is C12H15N3O3. The van der Waals surface area contributed by atoms with Gasteiger partial charge >= 0.3 is 0 Å². The van der Waals surface area contributed by atoms with Gasteiger partial charge in [-0.1, -0.05) is 0 Å². The van der Waals surface area contributed by atoms with Crippen LogP contribution >= 0.6 is 0 Å². The molecule has 2 heterocycles. The lowest BCUT2D eigenvalue weighted by atomic mass is 9.97. The van der Waals surface area contributed by atoms with E-state index in [1.165, 1.54) is 23.4 Å². The number of carbonyl (C=O) groups excluding carboxylic acids is 2. The van der Waals surface area contributed by atoms with E-state index in [1.807, 2.05) is 0 Å². The van der Waals surface area contributed by atoms with Crippen molar-refractivity contribution in [3.63, 3.8) is 0 Å². The molecule has 96 valence electrons. The van der Waals surface area contributed by atoms with E-state index in [0.717, 1.165) is 6.42 Å². The molecular weight excluding hydrogens is 234 g/mol. The van der Waals surface area contributed by atoms with Crippen molar-refractivity contribution in [3.05, 3.63) is 34.2 Å². The molecule has 0 saturated carbocycles. The average Bonchev–Trinajstić information content (AvgIpc) is 2.38. The SMILES string of the molecule is NC(=O)C1CCCN(C(=O)c2c[nH]ccc2=O)C1. The number of pyridine rings is 1. The Hall–Kier alpha value is -2.11. The van der Waals surface area contributed by atoms with Crippen LogP contribution in [0.3, 0.4) is 0 Å². The largest absolute Gasteiger partial charge is 0.369 e. The van der Waals surface area contributed by atoms with Crippen molar-refractivity contribution in [1.82, 2.24) is 9.88 Å². The van der Waals surface area contributed by atoms with Gasteiger partial charge in [-0.15, -0.1) is 0 Å². The molecule has 18 heavy (non-hydrogen) atoms. The number of likely N-dealkylation sites (tertiary alicyclic amines) is 1. The van der Waals surface area contributed by atoms with Gasteiger partial charge in [0.2, 0.25) is 5.91 Å². The molecule has 0 radical (unpaired) electrons. The van der Waals surface area contributed by atoms with Gasteiger partial charge < -0.3 is 15.6 Å². The molecule has 1 fully saturated rings. The van der Waals surface area contributed by atoms with Crippen molar-refractivity contribution in [3.8, 4) is 0 Å². The molecule has 0 aliphatic carbocycles. The standard InChI is InChI=1S/C12H15N3O3/c13-11(17)8-2-1-5-15(7-8)12(18)9-6-14-4-3-10(9)16/h3-4,6,8H,1-2,5,7H2,(H2,13,17)(H,14,16). The zero-order valence-electron chi connectivity index (χ0n) is 9.89. The highest BCUT2D eigenvalue weighted by Crippen LogP contribution is 2.17. The number of carbonyl (C=O) groups is 2. The lowest BCUT2D eigenvalue weighted by Crippen LogP contribution is -2.45. The number of aromatic nitrogens is 1. The molecule has 3 N–H and O–H groups in total. The number of hydrogen-bond donors (Lipinski definition) is 2. The van der Waals surface area contributed by atoms with Gasteiger partial charge in [0, 0.05) is 31.5 Å². The highest BCUT2D eigenvalue weighted by molar-refractivity contribution is 5.94. The molecule has 6 heteroatoms. The molecule has 0 aromatic carbocycles. The maximum Gasteiger partial charge on any atom is 0.259 e. The monoisotopic (exact) mass is 249 g/mol. The van der Waals surface area contributed by atoms with Gasteiger partial charge in [-0.2, -0.15) is 0 Å². The van der Waals surface area contributed by atoms with E-state index in [0.29, 0.717) is 19.5 Å². The van der Waals surface area contributed by atoms with Crippen molar-refractivity contribution in [2.24, 2.45) is 11.7 Å². The first-order valence-corrected chi connectivity index (χ1v) is 5.85. The molecule has 1 aromatic rings. The maximum absolute atomic E-state index is 12.1. The fraction of sp³-hybridized carbons (Fsp3) is 0.417. The highest BCUT2D eigenvalue weighted by Gasteiger charge is 2.28. The Kier molecular flexibility index (Phi) is 3.45. The number of primary amides is 1. The molecule has 0 bridgehead atoms. The van der Waals surface area contributed by atoms with E-state index in [4.69, 9.17) is 5.73 Å². The third kappa shape index (κ3) is 2.42. The van der Waals surface area contributed by atoms with Gasteiger partial charge in [0.1, 0.15) is 5.56 Å². The van der Waals surface area contributed by atoms with E-state index >= 15 is 0 Å². The summed E-state index contributed by atoms with van der Waals surface area (Å²) in [5, 5.41) is 0. The number of rotatable bonds is 2. The quantitative estimate of drug-likeness (QED) is 0.754. The Balaban J connectivity index is 2.17. The van der Waals surface area contributed by atoms with Gasteiger partial charge in [-0.25, -0.2) is 0 Å². The number of aromatic amines is 1. The maximum atomic E-state index is 12.1. The van der Waals surface area contributed by atoms with Gasteiger partial charge in [0.15, 0.2) is 5.43 Å². The number of hydrogen-bond acceptors (Lipinski definition) is 3. The minimum atomic E-state index is -0.394. The van der Waals surface area contributed by atoms with Crippen LogP contribution in [0.2, 0.25) is 0 Å². The van der Waals surface area contributed by atoms with Crippen LogP contribution in [-0.4, -0.2) is 34.8 Å². The van der Waals surface area contributed by atoms with Crippen LogP contribution in [0.5, 0.6) is 0 Å². The van der Waals surface area contributed by atoms with Crippen LogP contribution in [0, 0.1) is 5.92 Å². The van der Waals surface area contributed by atoms with Gasteiger partial charge in [-0.3, -0.25) is 14.4 Å². The Bertz CT molecular complexity index is 523. The minimum absolute atomic E-state index is 0.0996. The van der Waals surface area contributed by atoms with Gasteiger partial charge in [0.25, 0.3) is 5.91 Å². The molecule has 1 aliphatic heterocycles. The molecule has 2 amide bonds. The van der Waals surface area contributed by atoms with Crippen LogP contribution in [0.4, 0.5) is 0 Å². The molecule has 1 aromatic heterocycles. The summed E-state index contributed by atoms with van der Waals surface area (Å²) in [4.78, 5) is 39.1. The predicted octanol–water partition coefficient (Wildman–Crippen LogP) is -0.288. The Morgan fingerprint density at radius 2 is 2.22 bits per heavy atom. The van der Waals surface area contributed by atoms with Crippen LogP contribution < -0.4 is 11.2 Å². The summed E-state index contributed by atoms with van der Waals surface area (Å²) in [6, 6.07) is 1.31. The number of amides is 2. The number of H-pyrrole nitrogens is 1. The molecule has 1 atom stereocenters. The number of piperidine rings is 1. The molecule has 2 rings (SSSR count). The topological polar surface area (TPSA) is 96.3 Å². The summed E-state index contributed by atoms with van der Waals surface area (Å²) in [6.45, 7) is 0.847. The lowest BCUT2D eigenvalue weighted by molar-refractivity contribution is -0.123. The number of nitrogens with zero attached hydrogens (tertiary/aromatic N) is 1. The Labute approximate surface area is 104 Å². The van der Waals surface area contributed by atoms with Crippen LogP contribution in [0.1, 0.15) is 23.2 Å². The lowest BCUT2D eigenvalue weighted by Gasteiger charge is -2.31. The average molecular weight is 249 g/mol. The third-order valence-corrected chi connectivity index (χ3v) is 3.17. The molecule has 1 saturated heterocycles. The second-order valence-corrected chi connectivity index (χ2v) is 4.41. The summed E-state index contributed by atoms with van der Waals surface area (Å²) in [6.07, 6.45) is 4.29. The van der Waals surface area contributed by atoms with Crippen LogP contribution in [0.15, 0.2) is 23.3 Å². The second-order valence-electron chi connectivity index (χ2n) is 4.41. The summed E-state index contributed by atoms with van der Waals surface area (Å²) in [5.74, 6) is -1.05. The van der Waals surface area contributed by atoms with Crippen molar-refractivity contribution in [2.45, 2.75) is 12.8 Å². The first kappa shape index (κ1) is 12.3. The zero-order valence-corrected chi connectivity index (χ0v) is 9.89. The van der Waals surface area contributed by atoms with Crippen LogP contribution in [-0.2, 0) is 4.79 Å². The fourth-order valence-corrected chi connectivity index (χ4v) is 2.15. The smallest absolute Gasteiger partial charge is 0.259 e. The van der Waals surface area contributed by atoms with Gasteiger partial charge in [0.05, 0.1) is 5.92 Å². The molecule has 6 nitrogen and oxygen atoms in total. The summed E-state index contributed by atoms with van der Waals surface area (Å²) in [5.41, 5.74) is 5.03. The van der Waals surface area contributed by atoms with E-state index in [-0.39, 0.29) is 22.8 Å². The van der Waals surface area contributed by atoms with E-state index in [2.05, 4.69) is 4.98 Å². The third-order valence-electron chi connectivity index (χ3n) is 3.17.